The number of H-pyrrole nitrogens is 1. The number of aliphatic hydroxyl groups is 1. The van der Waals surface area contributed by atoms with Crippen LogP contribution in [0.1, 0.15) is 11.4 Å². The summed E-state index contributed by atoms with van der Waals surface area (Å²) in [5, 5.41) is 21.9. The molecule has 0 amide bonds. The molecule has 2 aromatic carbocycles. The molecule has 2 N–H and O–H groups in total. The van der Waals surface area contributed by atoms with Crippen molar-refractivity contribution in [1.82, 2.24) is 0 Å². The first-order valence-electron chi connectivity index (χ1n) is 14.6. The quantitative estimate of drug-likeness (QED) is 0.0736. The van der Waals surface area contributed by atoms with Gasteiger partial charge in [-0.05, 0) is 48.5 Å². The molecule has 54 heavy (non-hydrogen) atoms. The fourth-order valence-corrected chi connectivity index (χ4v) is 11.1. The van der Waals surface area contributed by atoms with Gasteiger partial charge in [0.2, 0.25) is 25.4 Å². The van der Waals surface area contributed by atoms with Gasteiger partial charge in [0.1, 0.15) is 6.61 Å². The average Bonchev–Trinajstić information content (AvgIpc) is 3.07. The van der Waals surface area contributed by atoms with E-state index in [9.17, 15) is 62.6 Å². The summed E-state index contributed by atoms with van der Waals surface area (Å²) in [4.78, 5) is 1.85. The number of aromatic nitrogens is 2. The van der Waals surface area contributed by atoms with Crippen LogP contribution in [0.15, 0.2) is 91.5 Å². The van der Waals surface area contributed by atoms with Crippen LogP contribution >= 0.6 is 46.1 Å². The number of benzene rings is 2. The molecule has 2 aromatic heterocycles. The molecule has 2 atom stereocenters. The second-order valence-electron chi connectivity index (χ2n) is 11.3. The largest absolute Gasteiger partial charge is 0.618 e. The van der Waals surface area contributed by atoms with Crippen LogP contribution in [0, 0.1) is 12.1 Å². The van der Waals surface area contributed by atoms with Crippen LogP contribution in [-0.2, 0) is 44.3 Å². The van der Waals surface area contributed by atoms with Crippen LogP contribution in [-0.4, -0.2) is 60.8 Å². The molecule has 0 radical (unpaired) electrons. The smallest absolute Gasteiger partial charge is 0.413 e. The molecule has 12 nitrogen and oxygen atoms in total. The summed E-state index contributed by atoms with van der Waals surface area (Å²) >= 11 is 6.47. The number of aliphatic hydroxyl groups excluding tert-OH is 1. The van der Waals surface area contributed by atoms with Gasteiger partial charge in [0.15, 0.2) is 18.9 Å². The van der Waals surface area contributed by atoms with Crippen molar-refractivity contribution in [3.63, 3.8) is 0 Å². The first-order chi connectivity index (χ1) is 24.6. The monoisotopic (exact) mass is 975 g/mol. The number of rotatable bonds is 11. The van der Waals surface area contributed by atoms with Crippen molar-refractivity contribution in [3.05, 3.63) is 98.3 Å². The highest BCUT2D eigenvalue weighted by Gasteiger charge is 2.35. The van der Waals surface area contributed by atoms with Gasteiger partial charge in [0.05, 0.1) is 9.79 Å². The van der Waals surface area contributed by atoms with Crippen LogP contribution in [0.25, 0.3) is 0 Å². The van der Waals surface area contributed by atoms with E-state index >= 15 is 0 Å². The van der Waals surface area contributed by atoms with Gasteiger partial charge in [-0.15, -0.1) is 0 Å². The number of alkyl halides is 6. The van der Waals surface area contributed by atoms with Gasteiger partial charge in [0, 0.05) is 64.1 Å². The van der Waals surface area contributed by atoms with E-state index in [1.807, 2.05) is 0 Å². The van der Waals surface area contributed by atoms with Crippen molar-refractivity contribution in [3.8, 4) is 0 Å². The fourth-order valence-electron chi connectivity index (χ4n) is 4.34. The topological polar surface area (TPSA) is 182 Å². The van der Waals surface area contributed by atoms with Gasteiger partial charge in [-0.25, -0.2) is 4.98 Å². The van der Waals surface area contributed by atoms with E-state index in [-0.39, 0.29) is 22.7 Å². The lowest BCUT2D eigenvalue weighted by Gasteiger charge is -2.15. The van der Waals surface area contributed by atoms with E-state index in [4.69, 9.17) is 0 Å². The van der Waals surface area contributed by atoms with Gasteiger partial charge in [-0.3, -0.25) is 8.37 Å². The molecule has 0 saturated carbocycles. The second-order valence-corrected chi connectivity index (χ2v) is 22.1. The number of aryl methyl sites for hydroxylation is 1. The van der Waals surface area contributed by atoms with Gasteiger partial charge < -0.3 is 19.4 Å². The van der Waals surface area contributed by atoms with Crippen LogP contribution < -0.4 is 31.2 Å². The highest BCUT2D eigenvalue weighted by molar-refractivity contribution is 9.10. The Hall–Kier alpha value is -2.68. The van der Waals surface area contributed by atoms with Crippen LogP contribution in [0.4, 0.5) is 26.3 Å². The maximum atomic E-state index is 13.2. The lowest BCUT2D eigenvalue weighted by atomic mass is 10.4. The summed E-state index contributed by atoms with van der Waals surface area (Å²) in [6.07, 6.45) is -9.58. The SMILES string of the molecule is CP(=O)(c1ccc(S(=O)(=O)OCC(F)(F)F)cc1)c1cc(Br)cc(CO)[nH+]1.Cc1cc(Br)cc(P(C)(=O)c2ccc(S(=O)(=O)OCC(F)(F)F)cc2)[n+]1[O-]. The molecule has 296 valence electrons. The van der Waals surface area contributed by atoms with Crippen molar-refractivity contribution in [1.29, 1.82) is 0 Å². The van der Waals surface area contributed by atoms with Crippen LogP contribution in [0.2, 0.25) is 0 Å². The number of aromatic amines is 1. The predicted octanol–water partition coefficient (Wildman–Crippen LogP) is 4.57. The number of hydrogen-bond donors (Lipinski definition) is 1. The molecular weight excluding hydrogens is 948 g/mol. The number of nitrogens with one attached hydrogen (secondary N) is 1. The zero-order chi connectivity index (χ0) is 41.1. The highest BCUT2D eigenvalue weighted by Crippen LogP contribution is 2.39. The zero-order valence-corrected chi connectivity index (χ0v) is 34.4. The molecule has 0 bridgehead atoms. The summed E-state index contributed by atoms with van der Waals surface area (Å²) < 4.78 is 156. The lowest BCUT2D eigenvalue weighted by molar-refractivity contribution is -0.593. The number of hydrogen-bond acceptors (Lipinski definition) is 10. The third-order valence-corrected chi connectivity index (χ3v) is 15.5. The van der Waals surface area contributed by atoms with E-state index in [2.05, 4.69) is 45.2 Å². The molecule has 24 heteroatoms. The maximum Gasteiger partial charge on any atom is 0.413 e. The fraction of sp³-hybridized carbons (Fsp3) is 0.267. The highest BCUT2D eigenvalue weighted by atomic mass is 79.9. The maximum absolute atomic E-state index is 13.2. The summed E-state index contributed by atoms with van der Waals surface area (Å²) in [6, 6.07) is 15.0. The second kappa shape index (κ2) is 17.2. The number of nitrogens with zero attached hydrogens (tertiary/aromatic N) is 1. The van der Waals surface area contributed by atoms with E-state index in [1.54, 1.807) is 18.2 Å². The molecular formula is C30H29Br2F6N2O10P2S2+. The summed E-state index contributed by atoms with van der Waals surface area (Å²) in [6.45, 7) is 0.134. The Morgan fingerprint density at radius 1 is 0.741 bits per heavy atom. The van der Waals surface area contributed by atoms with E-state index < -0.39 is 69.9 Å². The molecule has 0 saturated heterocycles. The Kier molecular flexibility index (Phi) is 14.6. The summed E-state index contributed by atoms with van der Waals surface area (Å²) in [5.41, 5.74) is 1.02. The van der Waals surface area contributed by atoms with Crippen molar-refractivity contribution in [2.45, 2.75) is 35.7 Å². The normalized spacial score (nSPS) is 14.7. The molecule has 4 rings (SSSR count). The summed E-state index contributed by atoms with van der Waals surface area (Å²) in [7, 11) is -15.8. The van der Waals surface area contributed by atoms with Crippen molar-refractivity contribution in [2.75, 3.05) is 26.5 Å². The first kappa shape index (κ1) is 45.7. The van der Waals surface area contributed by atoms with Crippen molar-refractivity contribution >= 4 is 87.9 Å². The summed E-state index contributed by atoms with van der Waals surface area (Å²) in [5.74, 6) is 0. The van der Waals surface area contributed by atoms with Gasteiger partial charge in [-0.1, -0.05) is 31.9 Å². The average molecular weight is 977 g/mol. The van der Waals surface area contributed by atoms with Gasteiger partial charge in [0.25, 0.3) is 25.7 Å². The van der Waals surface area contributed by atoms with Crippen molar-refractivity contribution < 1.29 is 75.5 Å². The Balaban J connectivity index is 0.000000290. The van der Waals surface area contributed by atoms with Gasteiger partial charge >= 0.3 is 12.4 Å². The molecule has 0 aliphatic rings. The first-order valence-corrected chi connectivity index (χ1v) is 23.3. The number of pyridine rings is 2. The predicted molar refractivity (Wildman–Crippen MR) is 191 cm³/mol. The standard InChI is InChI=1S/2C15H14BrF3NO5PS/c1-10-7-11(16)8-14(20(10)21)26(2,22)12-3-5-13(6-4-12)27(23,24)25-9-15(17,18)19;1-26(22,14-7-10(16)6-11(8-21)20-14)12-2-4-13(5-3-12)27(23,24)25-9-15(17,18)19/h3-8H,9H2,1-2H3;2-7,21H,8-9H2,1H3/p+1. The minimum absolute atomic E-state index is 0.0155. The Morgan fingerprint density at radius 3 is 1.56 bits per heavy atom. The molecule has 0 aliphatic carbocycles. The van der Waals surface area contributed by atoms with Gasteiger partial charge in [-0.2, -0.15) is 47.9 Å². The van der Waals surface area contributed by atoms with E-state index in [0.717, 1.165) is 24.3 Å². The Bertz CT molecular complexity index is 2320. The lowest BCUT2D eigenvalue weighted by Crippen LogP contribution is -2.47. The van der Waals surface area contributed by atoms with E-state index in [0.29, 0.717) is 30.5 Å². The van der Waals surface area contributed by atoms with Crippen molar-refractivity contribution in [2.24, 2.45) is 0 Å². The molecule has 0 spiro atoms. The molecule has 2 heterocycles. The van der Waals surface area contributed by atoms with Crippen LogP contribution in [0.3, 0.4) is 0 Å². The minimum Gasteiger partial charge on any atom is -0.618 e. The third kappa shape index (κ3) is 12.2. The molecule has 2 unspecified atom stereocenters. The zero-order valence-electron chi connectivity index (χ0n) is 27.9. The Labute approximate surface area is 322 Å². The molecule has 0 aliphatic heterocycles. The molecule has 0 fully saturated rings. The third-order valence-electron chi connectivity index (χ3n) is 7.08. The minimum atomic E-state index is -4.80. The number of halogens is 8. The van der Waals surface area contributed by atoms with Crippen LogP contribution in [0.5, 0.6) is 0 Å². The van der Waals surface area contributed by atoms with E-state index in [1.165, 1.54) is 50.6 Å². The Morgan fingerprint density at radius 2 is 1.15 bits per heavy atom. The molecule has 4 aromatic rings.